The molecule has 0 radical (unpaired) electrons. The van der Waals surface area contributed by atoms with Crippen LogP contribution in [0.1, 0.15) is 36.5 Å². The molecule has 1 aromatic rings. The molecule has 22 heavy (non-hydrogen) atoms. The fourth-order valence-electron chi connectivity index (χ4n) is 2.01. The summed E-state index contributed by atoms with van der Waals surface area (Å²) < 4.78 is 5.50. The van der Waals surface area contributed by atoms with Gasteiger partial charge >= 0.3 is 0 Å². The highest BCUT2D eigenvalue weighted by atomic mass is 16.5. The van der Waals surface area contributed by atoms with E-state index in [4.69, 9.17) is 4.74 Å². The molecule has 1 saturated carbocycles. The van der Waals surface area contributed by atoms with Crippen molar-refractivity contribution < 1.29 is 14.3 Å². The van der Waals surface area contributed by atoms with Crippen LogP contribution in [-0.4, -0.2) is 37.6 Å². The van der Waals surface area contributed by atoms with Gasteiger partial charge < -0.3 is 15.4 Å². The Balaban J connectivity index is 1.58. The minimum Gasteiger partial charge on any atom is -0.381 e. The lowest BCUT2D eigenvalue weighted by molar-refractivity contribution is -0.122. The number of nitrogens with one attached hydrogen (secondary N) is 2. The van der Waals surface area contributed by atoms with E-state index in [0.717, 1.165) is 18.9 Å². The van der Waals surface area contributed by atoms with E-state index >= 15 is 0 Å². The molecule has 2 rings (SSSR count). The average Bonchev–Trinajstić information content (AvgIpc) is 3.35. The third-order valence-corrected chi connectivity index (χ3v) is 3.59. The first-order chi connectivity index (χ1) is 10.7. The fourth-order valence-corrected chi connectivity index (χ4v) is 2.01. The van der Waals surface area contributed by atoms with Crippen molar-refractivity contribution in [1.82, 2.24) is 10.6 Å². The van der Waals surface area contributed by atoms with Crippen LogP contribution >= 0.6 is 0 Å². The summed E-state index contributed by atoms with van der Waals surface area (Å²) in [5.74, 6) is 0.352. The molecule has 0 aliphatic heterocycles. The van der Waals surface area contributed by atoms with Gasteiger partial charge in [-0.05, 0) is 44.2 Å². The van der Waals surface area contributed by atoms with E-state index in [1.807, 2.05) is 6.07 Å². The van der Waals surface area contributed by atoms with Crippen LogP contribution in [0.3, 0.4) is 0 Å². The Bertz CT molecular complexity index is 486. The predicted molar refractivity (Wildman–Crippen MR) is 84.5 cm³/mol. The fraction of sp³-hybridized carbons (Fsp3) is 0.529. The third kappa shape index (κ3) is 5.85. The quantitative estimate of drug-likeness (QED) is 0.683. The monoisotopic (exact) mass is 304 g/mol. The summed E-state index contributed by atoms with van der Waals surface area (Å²) in [6.45, 7) is 3.76. The van der Waals surface area contributed by atoms with Crippen molar-refractivity contribution in [1.29, 1.82) is 0 Å². The van der Waals surface area contributed by atoms with Crippen molar-refractivity contribution in [2.24, 2.45) is 5.92 Å². The van der Waals surface area contributed by atoms with Gasteiger partial charge in [0.15, 0.2) is 0 Å². The number of hydrogen-bond donors (Lipinski definition) is 2. The summed E-state index contributed by atoms with van der Waals surface area (Å²) in [5.41, 5.74) is 0.552. The van der Waals surface area contributed by atoms with Crippen LogP contribution in [0.5, 0.6) is 0 Å². The zero-order valence-corrected chi connectivity index (χ0v) is 13.0. The molecule has 0 spiro atoms. The van der Waals surface area contributed by atoms with Crippen molar-refractivity contribution in [3.05, 3.63) is 35.9 Å². The first-order valence-electron chi connectivity index (χ1n) is 7.88. The van der Waals surface area contributed by atoms with Crippen molar-refractivity contribution in [2.45, 2.75) is 32.2 Å². The Morgan fingerprint density at radius 3 is 2.68 bits per heavy atom. The van der Waals surface area contributed by atoms with Gasteiger partial charge in [-0.3, -0.25) is 9.59 Å². The number of hydrogen-bond acceptors (Lipinski definition) is 3. The molecule has 1 aromatic carbocycles. The molecule has 0 saturated heterocycles. The van der Waals surface area contributed by atoms with E-state index in [9.17, 15) is 9.59 Å². The number of rotatable bonds is 9. The molecule has 1 atom stereocenters. The smallest absolute Gasteiger partial charge is 0.251 e. The number of amides is 2. The molecule has 1 aliphatic rings. The molecule has 2 N–H and O–H groups in total. The summed E-state index contributed by atoms with van der Waals surface area (Å²) in [6.07, 6.45) is 3.36. The predicted octanol–water partition coefficient (Wildman–Crippen LogP) is 1.74. The molecular weight excluding hydrogens is 280 g/mol. The van der Waals surface area contributed by atoms with E-state index in [1.54, 1.807) is 31.2 Å². The summed E-state index contributed by atoms with van der Waals surface area (Å²) >= 11 is 0. The van der Waals surface area contributed by atoms with Gasteiger partial charge in [-0.15, -0.1) is 0 Å². The normalized spacial score (nSPS) is 15.1. The highest BCUT2D eigenvalue weighted by molar-refractivity contribution is 5.97. The van der Waals surface area contributed by atoms with Gasteiger partial charge in [0.2, 0.25) is 5.91 Å². The molecule has 0 aromatic heterocycles. The van der Waals surface area contributed by atoms with Crippen LogP contribution in [-0.2, 0) is 9.53 Å². The Morgan fingerprint density at radius 2 is 2.00 bits per heavy atom. The molecular formula is C17H24N2O3. The lowest BCUT2D eigenvalue weighted by Gasteiger charge is -2.14. The molecule has 2 amide bonds. The average molecular weight is 304 g/mol. The van der Waals surface area contributed by atoms with Gasteiger partial charge in [0.05, 0.1) is 0 Å². The molecule has 1 fully saturated rings. The SMILES string of the molecule is CC(NC(=O)c1ccccc1)C(=O)NCCCOCC1CC1. The van der Waals surface area contributed by atoms with Gasteiger partial charge in [-0.2, -0.15) is 0 Å². The zero-order chi connectivity index (χ0) is 15.8. The van der Waals surface area contributed by atoms with Gasteiger partial charge in [0.25, 0.3) is 5.91 Å². The first-order valence-corrected chi connectivity index (χ1v) is 7.88. The highest BCUT2D eigenvalue weighted by Gasteiger charge is 2.21. The van der Waals surface area contributed by atoms with Gasteiger partial charge in [-0.25, -0.2) is 0 Å². The number of carbonyl (C=O) groups is 2. The lowest BCUT2D eigenvalue weighted by atomic mass is 10.2. The standard InChI is InChI=1S/C17H24N2O3/c1-13(19-17(21)15-6-3-2-4-7-15)16(20)18-10-5-11-22-12-14-8-9-14/h2-4,6-7,13-14H,5,8-12H2,1H3,(H,18,20)(H,19,21). The van der Waals surface area contributed by atoms with Crippen LogP contribution in [0.25, 0.3) is 0 Å². The molecule has 5 nitrogen and oxygen atoms in total. The van der Waals surface area contributed by atoms with Crippen LogP contribution < -0.4 is 10.6 Å². The van der Waals surface area contributed by atoms with E-state index < -0.39 is 6.04 Å². The molecule has 0 heterocycles. The molecule has 1 aliphatic carbocycles. The molecule has 1 unspecified atom stereocenters. The Hall–Kier alpha value is -1.88. The highest BCUT2D eigenvalue weighted by Crippen LogP contribution is 2.28. The Kier molecular flexibility index (Phi) is 6.40. The lowest BCUT2D eigenvalue weighted by Crippen LogP contribution is -2.45. The maximum Gasteiger partial charge on any atom is 0.251 e. The van der Waals surface area contributed by atoms with E-state index in [1.165, 1.54) is 12.8 Å². The summed E-state index contributed by atoms with van der Waals surface area (Å²) in [5, 5.41) is 5.50. The first kappa shape index (κ1) is 16.5. The van der Waals surface area contributed by atoms with Gasteiger partial charge in [0, 0.05) is 25.3 Å². The third-order valence-electron chi connectivity index (χ3n) is 3.59. The Labute approximate surface area is 131 Å². The van der Waals surface area contributed by atoms with Crippen molar-refractivity contribution >= 4 is 11.8 Å². The largest absolute Gasteiger partial charge is 0.381 e. The maximum atomic E-state index is 11.9. The van der Waals surface area contributed by atoms with E-state index in [0.29, 0.717) is 18.7 Å². The number of ether oxygens (including phenoxy) is 1. The van der Waals surface area contributed by atoms with Crippen LogP contribution in [0, 0.1) is 5.92 Å². The van der Waals surface area contributed by atoms with Gasteiger partial charge in [-0.1, -0.05) is 18.2 Å². The molecule has 120 valence electrons. The topological polar surface area (TPSA) is 67.4 Å². The second-order valence-electron chi connectivity index (χ2n) is 5.72. The minimum atomic E-state index is -0.555. The van der Waals surface area contributed by atoms with E-state index in [-0.39, 0.29) is 11.8 Å². The summed E-state index contributed by atoms with van der Waals surface area (Å²) in [7, 11) is 0. The van der Waals surface area contributed by atoms with Crippen molar-refractivity contribution in [2.75, 3.05) is 19.8 Å². The maximum absolute atomic E-state index is 11.9. The minimum absolute atomic E-state index is 0.175. The van der Waals surface area contributed by atoms with E-state index in [2.05, 4.69) is 10.6 Å². The molecule has 0 bridgehead atoms. The van der Waals surface area contributed by atoms with Crippen LogP contribution in [0.4, 0.5) is 0 Å². The van der Waals surface area contributed by atoms with Crippen LogP contribution in [0.2, 0.25) is 0 Å². The second-order valence-corrected chi connectivity index (χ2v) is 5.72. The molecule has 5 heteroatoms. The second kappa shape index (κ2) is 8.54. The van der Waals surface area contributed by atoms with Crippen molar-refractivity contribution in [3.63, 3.8) is 0 Å². The summed E-state index contributed by atoms with van der Waals surface area (Å²) in [6, 6.07) is 8.31. The Morgan fingerprint density at radius 1 is 1.27 bits per heavy atom. The summed E-state index contributed by atoms with van der Waals surface area (Å²) in [4.78, 5) is 23.8. The van der Waals surface area contributed by atoms with Crippen molar-refractivity contribution in [3.8, 4) is 0 Å². The van der Waals surface area contributed by atoms with Crippen LogP contribution in [0.15, 0.2) is 30.3 Å². The van der Waals surface area contributed by atoms with Gasteiger partial charge in [0.1, 0.15) is 6.04 Å². The number of benzene rings is 1. The zero-order valence-electron chi connectivity index (χ0n) is 13.0. The number of carbonyl (C=O) groups excluding carboxylic acids is 2.